The number of benzene rings is 1. The number of carbonyl (C=O) groups excluding carboxylic acids is 1. The van der Waals surface area contributed by atoms with Crippen molar-refractivity contribution >= 4 is 23.4 Å². The zero-order chi connectivity index (χ0) is 18.5. The lowest BCUT2D eigenvalue weighted by Crippen LogP contribution is -2.49. The highest BCUT2D eigenvalue weighted by Gasteiger charge is 2.22. The standard InChI is InChI=1S/C17H23FN6OS/c1-13(2)24-16(19-20-21-24)11-26-12-17(25)23-9-7-22(8-10-23)15-6-4-3-5-14(15)18/h3-6,13H,7-12H2,1-2H3. The van der Waals surface area contributed by atoms with E-state index in [-0.39, 0.29) is 17.8 Å². The van der Waals surface area contributed by atoms with Gasteiger partial charge in [0.1, 0.15) is 5.82 Å². The van der Waals surface area contributed by atoms with Gasteiger partial charge < -0.3 is 9.80 Å². The summed E-state index contributed by atoms with van der Waals surface area (Å²) in [5.74, 6) is 1.66. The Morgan fingerprint density at radius 3 is 2.65 bits per heavy atom. The molecule has 0 N–H and O–H groups in total. The summed E-state index contributed by atoms with van der Waals surface area (Å²) in [6.07, 6.45) is 0. The highest BCUT2D eigenvalue weighted by molar-refractivity contribution is 7.99. The molecule has 140 valence electrons. The molecule has 1 amide bonds. The lowest BCUT2D eigenvalue weighted by molar-refractivity contribution is -0.128. The van der Waals surface area contributed by atoms with Crippen LogP contribution in [0.2, 0.25) is 0 Å². The summed E-state index contributed by atoms with van der Waals surface area (Å²) in [6.45, 7) is 6.54. The first-order valence-corrected chi connectivity index (χ1v) is 9.83. The van der Waals surface area contributed by atoms with Crippen LogP contribution in [0.4, 0.5) is 10.1 Å². The van der Waals surface area contributed by atoms with Gasteiger partial charge in [-0.25, -0.2) is 9.07 Å². The third-order valence-electron chi connectivity index (χ3n) is 4.33. The van der Waals surface area contributed by atoms with E-state index in [1.54, 1.807) is 16.8 Å². The second-order valence-corrected chi connectivity index (χ2v) is 7.43. The minimum atomic E-state index is -0.217. The van der Waals surface area contributed by atoms with E-state index in [1.165, 1.54) is 17.8 Å². The fraction of sp³-hybridized carbons (Fsp3) is 0.529. The van der Waals surface area contributed by atoms with Gasteiger partial charge in [0.25, 0.3) is 0 Å². The maximum absolute atomic E-state index is 13.9. The average Bonchev–Trinajstić information content (AvgIpc) is 3.11. The second kappa shape index (κ2) is 8.48. The van der Waals surface area contributed by atoms with Crippen LogP contribution < -0.4 is 4.90 Å². The largest absolute Gasteiger partial charge is 0.366 e. The van der Waals surface area contributed by atoms with Crippen LogP contribution in [-0.2, 0) is 10.5 Å². The first-order chi connectivity index (χ1) is 12.6. The number of thioether (sulfide) groups is 1. The van der Waals surface area contributed by atoms with Gasteiger partial charge in [0, 0.05) is 26.2 Å². The van der Waals surface area contributed by atoms with E-state index in [1.807, 2.05) is 29.7 Å². The van der Waals surface area contributed by atoms with Crippen LogP contribution in [0.3, 0.4) is 0 Å². The Kier molecular flexibility index (Phi) is 6.08. The predicted molar refractivity (Wildman–Crippen MR) is 99.6 cm³/mol. The molecule has 0 aliphatic carbocycles. The molecule has 0 bridgehead atoms. The summed E-state index contributed by atoms with van der Waals surface area (Å²) in [7, 11) is 0. The molecule has 1 aromatic heterocycles. The summed E-state index contributed by atoms with van der Waals surface area (Å²) in [5.41, 5.74) is 0.606. The molecule has 1 aliphatic heterocycles. The number of piperazine rings is 1. The highest BCUT2D eigenvalue weighted by atomic mass is 32.2. The molecule has 7 nitrogen and oxygen atoms in total. The van der Waals surface area contributed by atoms with Gasteiger partial charge in [-0.15, -0.1) is 16.9 Å². The van der Waals surface area contributed by atoms with Gasteiger partial charge in [-0.2, -0.15) is 0 Å². The first kappa shape index (κ1) is 18.6. The third-order valence-corrected chi connectivity index (χ3v) is 5.25. The van der Waals surface area contributed by atoms with E-state index in [4.69, 9.17) is 0 Å². The minimum Gasteiger partial charge on any atom is -0.366 e. The molecule has 2 aromatic rings. The van der Waals surface area contributed by atoms with Crippen molar-refractivity contribution in [3.63, 3.8) is 0 Å². The van der Waals surface area contributed by atoms with Crippen molar-refractivity contribution in [2.75, 3.05) is 36.8 Å². The number of para-hydroxylation sites is 1. The lowest BCUT2D eigenvalue weighted by atomic mass is 10.2. The Morgan fingerprint density at radius 1 is 1.23 bits per heavy atom. The maximum atomic E-state index is 13.9. The molecule has 1 saturated heterocycles. The second-order valence-electron chi connectivity index (χ2n) is 6.45. The molecular weight excluding hydrogens is 355 g/mol. The number of amides is 1. The van der Waals surface area contributed by atoms with Gasteiger partial charge in [0.15, 0.2) is 5.82 Å². The lowest BCUT2D eigenvalue weighted by Gasteiger charge is -2.36. The van der Waals surface area contributed by atoms with Crippen LogP contribution in [-0.4, -0.2) is 62.9 Å². The number of rotatable bonds is 6. The summed E-state index contributed by atoms with van der Waals surface area (Å²) >= 11 is 1.52. The zero-order valence-electron chi connectivity index (χ0n) is 15.0. The Balaban J connectivity index is 1.45. The molecule has 26 heavy (non-hydrogen) atoms. The van der Waals surface area contributed by atoms with Gasteiger partial charge in [-0.05, 0) is 36.4 Å². The van der Waals surface area contributed by atoms with E-state index >= 15 is 0 Å². The van der Waals surface area contributed by atoms with E-state index in [0.717, 1.165) is 5.82 Å². The van der Waals surface area contributed by atoms with E-state index in [9.17, 15) is 9.18 Å². The number of aromatic nitrogens is 4. The van der Waals surface area contributed by atoms with Crippen LogP contribution in [0.25, 0.3) is 0 Å². The maximum Gasteiger partial charge on any atom is 0.232 e. The molecule has 3 rings (SSSR count). The fourth-order valence-corrected chi connectivity index (χ4v) is 3.77. The predicted octanol–water partition coefficient (Wildman–Crippen LogP) is 1.98. The first-order valence-electron chi connectivity index (χ1n) is 8.68. The van der Waals surface area contributed by atoms with Crippen LogP contribution in [0.5, 0.6) is 0 Å². The number of halogens is 1. The molecule has 2 heterocycles. The zero-order valence-corrected chi connectivity index (χ0v) is 15.8. The third kappa shape index (κ3) is 4.32. The summed E-state index contributed by atoms with van der Waals surface area (Å²) in [5, 5.41) is 11.7. The van der Waals surface area contributed by atoms with Crippen LogP contribution >= 0.6 is 11.8 Å². The summed E-state index contributed by atoms with van der Waals surface area (Å²) in [6, 6.07) is 6.96. The van der Waals surface area contributed by atoms with Crippen molar-refractivity contribution in [2.45, 2.75) is 25.6 Å². The number of hydrogen-bond acceptors (Lipinski definition) is 6. The fourth-order valence-electron chi connectivity index (χ4n) is 2.93. The topological polar surface area (TPSA) is 67.2 Å². The molecule has 1 fully saturated rings. The molecule has 0 spiro atoms. The SMILES string of the molecule is CC(C)n1nnnc1CSCC(=O)N1CCN(c2ccccc2F)CC1. The molecule has 0 unspecified atom stereocenters. The average molecular weight is 378 g/mol. The number of carbonyl (C=O) groups is 1. The van der Waals surface area contributed by atoms with Crippen LogP contribution in [0, 0.1) is 5.82 Å². The number of anilines is 1. The molecular formula is C17H23FN6OS. The molecule has 0 saturated carbocycles. The van der Waals surface area contributed by atoms with Gasteiger partial charge in [0.2, 0.25) is 5.91 Å². The van der Waals surface area contributed by atoms with Crippen molar-refractivity contribution in [3.05, 3.63) is 35.9 Å². The number of hydrogen-bond donors (Lipinski definition) is 0. The summed E-state index contributed by atoms with van der Waals surface area (Å²) < 4.78 is 15.6. The van der Waals surface area contributed by atoms with Gasteiger partial charge >= 0.3 is 0 Å². The van der Waals surface area contributed by atoms with Gasteiger partial charge in [-0.3, -0.25) is 4.79 Å². The molecule has 9 heteroatoms. The quantitative estimate of drug-likeness (QED) is 0.766. The van der Waals surface area contributed by atoms with E-state index in [2.05, 4.69) is 15.5 Å². The van der Waals surface area contributed by atoms with Crippen molar-refractivity contribution in [1.29, 1.82) is 0 Å². The van der Waals surface area contributed by atoms with Crippen LogP contribution in [0.15, 0.2) is 24.3 Å². The highest BCUT2D eigenvalue weighted by Crippen LogP contribution is 2.20. The smallest absolute Gasteiger partial charge is 0.232 e. The molecule has 1 aliphatic rings. The molecule has 1 aromatic carbocycles. The van der Waals surface area contributed by atoms with Crippen molar-refractivity contribution < 1.29 is 9.18 Å². The van der Waals surface area contributed by atoms with Crippen molar-refractivity contribution in [1.82, 2.24) is 25.1 Å². The molecule has 0 radical (unpaired) electrons. The van der Waals surface area contributed by atoms with Gasteiger partial charge in [-0.1, -0.05) is 12.1 Å². The Morgan fingerprint density at radius 2 is 1.96 bits per heavy atom. The van der Waals surface area contributed by atoms with Crippen molar-refractivity contribution in [2.24, 2.45) is 0 Å². The molecule has 0 atom stereocenters. The normalized spacial score (nSPS) is 14.9. The van der Waals surface area contributed by atoms with Crippen LogP contribution in [0.1, 0.15) is 25.7 Å². The monoisotopic (exact) mass is 378 g/mol. The van der Waals surface area contributed by atoms with E-state index < -0.39 is 0 Å². The van der Waals surface area contributed by atoms with Crippen molar-refractivity contribution in [3.8, 4) is 0 Å². The van der Waals surface area contributed by atoms with E-state index in [0.29, 0.717) is 43.4 Å². The Hall–Kier alpha value is -2.16. The number of nitrogens with zero attached hydrogens (tertiary/aromatic N) is 6. The number of tetrazole rings is 1. The Labute approximate surface area is 156 Å². The van der Waals surface area contributed by atoms with Gasteiger partial charge in [0.05, 0.1) is 23.2 Å². The minimum absolute atomic E-state index is 0.103. The Bertz CT molecular complexity index is 744. The summed E-state index contributed by atoms with van der Waals surface area (Å²) in [4.78, 5) is 16.2.